The highest BCUT2D eigenvalue weighted by molar-refractivity contribution is 6.30. The van der Waals surface area contributed by atoms with E-state index in [2.05, 4.69) is 36.9 Å². The number of unbranched alkanes of at least 4 members (excludes halogenated alkanes) is 1. The third-order valence-corrected chi connectivity index (χ3v) is 14.8. The summed E-state index contributed by atoms with van der Waals surface area (Å²) in [5.74, 6) is -7.69. The van der Waals surface area contributed by atoms with Crippen molar-refractivity contribution in [3.8, 4) is 5.75 Å². The SMILES string of the molecule is CC(=O)N(C)[C@@H](Cc1ccc(O)cc1)C(=O)N[C@H](CCCNC(N)=O)C(=O)N[C@@H](CC(C)C)C(=O)N(C(=O)[C@H](CO)NC(=O)[C@H](Cc1cccnc1)NC(=O)[C@H](Cc1ccc(Cl)cc1)NC(=O)[C@@H](N)Cc1ccc2ccccc2c1)[C@H]([C]=O)CCCCN. The molecule has 0 saturated carbocycles. The van der Waals surface area contributed by atoms with E-state index in [4.69, 9.17) is 28.8 Å². The molecule has 24 nitrogen and oxygen atoms in total. The smallest absolute Gasteiger partial charge is 0.312 e. The maximum atomic E-state index is 15.2. The van der Waals surface area contributed by atoms with Crippen LogP contribution in [0.5, 0.6) is 5.75 Å². The van der Waals surface area contributed by atoms with Crippen LogP contribution in [0.3, 0.4) is 0 Å². The summed E-state index contributed by atoms with van der Waals surface area (Å²) in [5.41, 5.74) is 19.9. The number of phenols is 1. The van der Waals surface area contributed by atoms with Gasteiger partial charge in [-0.3, -0.25) is 53.0 Å². The third-order valence-electron chi connectivity index (χ3n) is 14.6. The van der Waals surface area contributed by atoms with E-state index in [1.165, 1.54) is 38.5 Å². The Morgan fingerprint density at radius 2 is 1.20 bits per heavy atom. The maximum absolute atomic E-state index is 15.2. The number of nitrogens with two attached hydrogens (primary N) is 3. The Hall–Kier alpha value is -8.84. The van der Waals surface area contributed by atoms with Gasteiger partial charge in [-0.05, 0) is 121 Å². The number of nitrogens with one attached hydrogen (secondary N) is 6. The number of benzene rings is 4. The fourth-order valence-corrected chi connectivity index (χ4v) is 9.85. The number of imide groups is 1. The van der Waals surface area contributed by atoms with Crippen LogP contribution in [0, 0.1) is 5.92 Å². The topological polar surface area (TPSA) is 381 Å². The van der Waals surface area contributed by atoms with Gasteiger partial charge in [-0.2, -0.15) is 0 Å². The van der Waals surface area contributed by atoms with Crippen LogP contribution in [-0.2, 0) is 68.8 Å². The van der Waals surface area contributed by atoms with Crippen molar-refractivity contribution in [2.45, 2.75) is 133 Å². The molecule has 25 heteroatoms. The zero-order valence-corrected chi connectivity index (χ0v) is 50.5. The lowest BCUT2D eigenvalue weighted by molar-refractivity contribution is -0.152. The van der Waals surface area contributed by atoms with Gasteiger partial charge in [-0.25, -0.2) is 4.79 Å². The number of aliphatic hydroxyl groups is 1. The molecule has 1 heterocycles. The summed E-state index contributed by atoms with van der Waals surface area (Å²) in [5, 5.41) is 38.9. The quantitative estimate of drug-likeness (QED) is 0.0262. The van der Waals surface area contributed by atoms with E-state index in [1.54, 1.807) is 68.7 Å². The van der Waals surface area contributed by atoms with Crippen molar-refractivity contribution >= 4 is 81.9 Å². The van der Waals surface area contributed by atoms with Crippen LogP contribution in [0.2, 0.25) is 5.02 Å². The highest BCUT2D eigenvalue weighted by atomic mass is 35.5. The number of aromatic nitrogens is 1. The Morgan fingerprint density at radius 3 is 1.81 bits per heavy atom. The van der Waals surface area contributed by atoms with E-state index >= 15 is 9.59 Å². The number of aromatic hydroxyl groups is 1. The van der Waals surface area contributed by atoms with Crippen molar-refractivity contribution in [1.82, 2.24) is 46.7 Å². The number of amides is 10. The number of nitrogens with zero attached hydrogens (tertiary/aromatic N) is 3. The number of carbonyl (C=O) groups excluding carboxylic acids is 10. The summed E-state index contributed by atoms with van der Waals surface area (Å²) in [4.78, 5) is 146. The minimum Gasteiger partial charge on any atom is -0.508 e. The molecule has 5 aromatic rings. The number of halogens is 1. The number of hydrogen-bond donors (Lipinski definition) is 11. The molecule has 1 radical (unpaired) electrons. The van der Waals surface area contributed by atoms with Crippen LogP contribution in [0.1, 0.15) is 81.5 Å². The zero-order chi connectivity index (χ0) is 64.5. The Labute approximate surface area is 516 Å². The number of aliphatic hydroxyl groups excluding tert-OH is 1. The van der Waals surface area contributed by atoms with Gasteiger partial charge in [-0.1, -0.05) is 98.2 Å². The number of carbonyl (C=O) groups is 9. The lowest BCUT2D eigenvalue weighted by Crippen LogP contribution is -2.63. The molecule has 0 saturated heterocycles. The third kappa shape index (κ3) is 21.8. The first kappa shape index (κ1) is 69.9. The molecule has 471 valence electrons. The van der Waals surface area contributed by atoms with Gasteiger partial charge in [0.15, 0.2) is 0 Å². The van der Waals surface area contributed by atoms with Crippen molar-refractivity contribution < 1.29 is 58.2 Å². The maximum Gasteiger partial charge on any atom is 0.312 e. The van der Waals surface area contributed by atoms with Gasteiger partial charge in [0.05, 0.1) is 12.6 Å². The van der Waals surface area contributed by atoms with Gasteiger partial charge in [-0.15, -0.1) is 0 Å². The summed E-state index contributed by atoms with van der Waals surface area (Å²) in [6.45, 7) is 3.63. The van der Waals surface area contributed by atoms with Crippen molar-refractivity contribution in [1.29, 1.82) is 0 Å². The summed E-state index contributed by atoms with van der Waals surface area (Å²) >= 11 is 6.19. The van der Waals surface area contributed by atoms with E-state index < -0.39 is 114 Å². The second-order valence-corrected chi connectivity index (χ2v) is 22.4. The first-order chi connectivity index (χ1) is 42.0. The molecule has 4 aromatic carbocycles. The molecule has 0 aliphatic heterocycles. The number of urea groups is 1. The molecule has 0 fully saturated rings. The molecule has 0 spiro atoms. The minimum atomic E-state index is -1.99. The van der Waals surface area contributed by atoms with Crippen LogP contribution in [0.25, 0.3) is 10.8 Å². The molecule has 5 rings (SSSR count). The van der Waals surface area contributed by atoms with Gasteiger partial charge >= 0.3 is 6.03 Å². The van der Waals surface area contributed by atoms with E-state index in [0.29, 0.717) is 33.0 Å². The Balaban J connectivity index is 1.46. The van der Waals surface area contributed by atoms with Crippen LogP contribution in [0.4, 0.5) is 4.79 Å². The molecule has 88 heavy (non-hydrogen) atoms. The molecular weight excluding hydrogens is 1150 g/mol. The summed E-state index contributed by atoms with van der Waals surface area (Å²) in [6.07, 6.45) is 4.44. The van der Waals surface area contributed by atoms with Crippen LogP contribution in [-0.4, -0.2) is 160 Å². The minimum absolute atomic E-state index is 0.0386. The molecule has 0 unspecified atom stereocenters. The Morgan fingerprint density at radius 1 is 0.636 bits per heavy atom. The summed E-state index contributed by atoms with van der Waals surface area (Å²) < 4.78 is 0. The summed E-state index contributed by atoms with van der Waals surface area (Å²) in [7, 11) is 1.39. The zero-order valence-electron chi connectivity index (χ0n) is 49.8. The fourth-order valence-electron chi connectivity index (χ4n) is 9.72. The average molecular weight is 1230 g/mol. The van der Waals surface area contributed by atoms with Gasteiger partial charge in [0.25, 0.3) is 11.8 Å². The largest absolute Gasteiger partial charge is 0.508 e. The molecule has 0 bridgehead atoms. The predicted octanol–water partition coefficient (Wildman–Crippen LogP) is 1.91. The Kier molecular flexibility index (Phi) is 27.9. The number of phenolic OH excluding ortho intramolecular Hbond substituents is 1. The summed E-state index contributed by atoms with van der Waals surface area (Å²) in [6, 6.07) is 16.1. The highest BCUT2D eigenvalue weighted by Crippen LogP contribution is 2.21. The molecule has 10 amide bonds. The van der Waals surface area contributed by atoms with Gasteiger partial charge < -0.3 is 64.2 Å². The number of hydrogen-bond acceptors (Lipinski definition) is 15. The molecule has 1 aromatic heterocycles. The van der Waals surface area contributed by atoms with Gasteiger partial charge in [0.1, 0.15) is 48.0 Å². The van der Waals surface area contributed by atoms with Crippen molar-refractivity contribution in [2.24, 2.45) is 23.1 Å². The van der Waals surface area contributed by atoms with Crippen molar-refractivity contribution in [3.63, 3.8) is 0 Å². The van der Waals surface area contributed by atoms with E-state index in [1.807, 2.05) is 42.5 Å². The monoisotopic (exact) mass is 1230 g/mol. The van der Waals surface area contributed by atoms with E-state index in [9.17, 15) is 48.6 Å². The molecule has 0 aliphatic carbocycles. The second kappa shape index (κ2) is 35.1. The number of rotatable bonds is 34. The molecular formula is C63H80ClN12O12. The number of pyridine rings is 1. The highest BCUT2D eigenvalue weighted by Gasteiger charge is 2.41. The second-order valence-electron chi connectivity index (χ2n) is 21.9. The van der Waals surface area contributed by atoms with Crippen LogP contribution in [0.15, 0.2) is 116 Å². The standard InChI is InChI=1S/C63H80ClN12O12/c1-38(2)29-53(73-57(82)50(15-10-28-69-63(67)88)70-60(85)55(75(4)39(3)79)34-41-19-24-48(80)25-20-41)61(86)76(47(36-77)14-7-8-26-65)62(87)54(37-78)74-59(84)52(33-43-11-9-27-68-35-43)72-58(83)51(32-40-17-22-46(64)23-18-40)71-56(81)49(66)31-42-16-21-44-12-5-6-13-45(44)30-42/h5-6,9,11-13,16-25,27,30,35,38,47,49-55,78,80H,7-8,10,14-15,26,28-29,31-34,37,65-66H2,1-4H3,(H,70,85)(H,71,81)(H,72,83)(H,73,82)(H,74,84)(H3,67,69,88)/t47-,49-,50+,51-,52-,53-,54-,55-/m0/s1. The van der Waals surface area contributed by atoms with E-state index in [-0.39, 0.29) is 76.6 Å². The molecule has 0 aliphatic rings. The van der Waals surface area contributed by atoms with Crippen molar-refractivity contribution in [2.75, 3.05) is 26.7 Å². The normalized spacial score (nSPS) is 13.9. The van der Waals surface area contributed by atoms with Crippen molar-refractivity contribution in [3.05, 3.63) is 143 Å². The van der Waals surface area contributed by atoms with Crippen LogP contribution >= 0.6 is 11.6 Å². The van der Waals surface area contributed by atoms with Gasteiger partial charge in [0.2, 0.25) is 41.7 Å². The fraction of sp³-hybridized carbons (Fsp3) is 0.413. The number of likely N-dealkylation sites (N-methyl/N-ethyl adjacent to an activating group) is 1. The average Bonchev–Trinajstić information content (AvgIpc) is 2.15. The van der Waals surface area contributed by atoms with Gasteiger partial charge in [0, 0.05) is 57.2 Å². The lowest BCUT2D eigenvalue weighted by Gasteiger charge is -2.34. The first-order valence-electron chi connectivity index (χ1n) is 29.0. The lowest BCUT2D eigenvalue weighted by atomic mass is 9.98. The molecule has 8 atom stereocenters. The predicted molar refractivity (Wildman–Crippen MR) is 330 cm³/mol. The van der Waals surface area contributed by atoms with Crippen LogP contribution < -0.4 is 49.1 Å². The Bertz CT molecular complexity index is 3180. The first-order valence-corrected chi connectivity index (χ1v) is 29.4. The number of primary amides is 1. The number of fused-ring (bicyclic) bond motifs is 1. The van der Waals surface area contributed by atoms with E-state index in [0.717, 1.165) is 21.2 Å². The molecule has 14 N–H and O–H groups in total.